The topological polar surface area (TPSA) is 0 Å². The van der Waals surface area contributed by atoms with Crippen LogP contribution in [0.3, 0.4) is 0 Å². The largest absolute Gasteiger partial charge is 0.142 e. The number of benzene rings is 1. The van der Waals surface area contributed by atoms with Crippen LogP contribution in [0.4, 0.5) is 0 Å². The lowest BCUT2D eigenvalue weighted by Crippen LogP contribution is -2.03. The maximum Gasteiger partial charge on any atom is 0.0191 e. The third-order valence-corrected chi connectivity index (χ3v) is 3.94. The Bertz CT molecular complexity index is 467. The fraction of sp³-hybridized carbons (Fsp3) is 0.412. The van der Waals surface area contributed by atoms with Gasteiger partial charge in [-0.3, -0.25) is 0 Å². The Morgan fingerprint density at radius 1 is 1.17 bits per heavy atom. The molecule has 98 valence electrons. The highest BCUT2D eigenvalue weighted by atomic mass is 32.1. The van der Waals surface area contributed by atoms with Crippen molar-refractivity contribution in [2.24, 2.45) is 0 Å². The predicted molar refractivity (Wildman–Crippen MR) is 86.6 cm³/mol. The van der Waals surface area contributed by atoms with Crippen LogP contribution < -0.4 is 0 Å². The molecule has 1 aromatic rings. The summed E-state index contributed by atoms with van der Waals surface area (Å²) in [5, 5.41) is 0. The molecule has 0 bridgehead atoms. The van der Waals surface area contributed by atoms with Crippen LogP contribution in [0, 0.1) is 6.92 Å². The number of rotatable bonds is 5. The Balaban J connectivity index is 3.67. The summed E-state index contributed by atoms with van der Waals surface area (Å²) in [7, 11) is 0. The molecule has 1 aromatic carbocycles. The molecule has 0 nitrogen and oxygen atoms in total. The van der Waals surface area contributed by atoms with Crippen molar-refractivity contribution in [2.45, 2.75) is 51.9 Å². The molecule has 0 aliphatic heterocycles. The Morgan fingerprint density at radius 3 is 2.28 bits per heavy atom. The van der Waals surface area contributed by atoms with Crippen LogP contribution in [0.25, 0.3) is 12.2 Å². The van der Waals surface area contributed by atoms with E-state index in [4.69, 9.17) is 12.6 Å². The number of hydrogen-bond acceptors (Lipinski definition) is 1. The van der Waals surface area contributed by atoms with Gasteiger partial charge in [0, 0.05) is 4.90 Å². The molecule has 0 saturated carbocycles. The van der Waals surface area contributed by atoms with Gasteiger partial charge < -0.3 is 0 Å². The van der Waals surface area contributed by atoms with Gasteiger partial charge in [-0.2, -0.15) is 0 Å². The van der Waals surface area contributed by atoms with E-state index in [0.29, 0.717) is 0 Å². The van der Waals surface area contributed by atoms with Crippen molar-refractivity contribution in [3.8, 4) is 0 Å². The summed E-state index contributed by atoms with van der Waals surface area (Å²) >= 11 is 4.74. The van der Waals surface area contributed by atoms with Crippen molar-refractivity contribution >= 4 is 24.8 Å². The maximum atomic E-state index is 4.74. The van der Waals surface area contributed by atoms with Crippen molar-refractivity contribution in [3.63, 3.8) is 0 Å². The molecule has 0 aliphatic carbocycles. The van der Waals surface area contributed by atoms with Gasteiger partial charge in [0.05, 0.1) is 0 Å². The van der Waals surface area contributed by atoms with Gasteiger partial charge in [-0.05, 0) is 54.5 Å². The van der Waals surface area contributed by atoms with Crippen LogP contribution in [0.1, 0.15) is 55.0 Å². The summed E-state index contributed by atoms with van der Waals surface area (Å²) in [6, 6.07) is 0. The zero-order chi connectivity index (χ0) is 13.7. The standard InChI is InChI=1S/C17H24S/c1-6-10-15-12(5)13(8-3)16(11-7-2)17(18)14(15)9-4/h7,9,11,18H,4,6,8,10H2,1-3,5H3/b11-7-. The fourth-order valence-corrected chi connectivity index (χ4v) is 3.05. The van der Waals surface area contributed by atoms with E-state index in [-0.39, 0.29) is 0 Å². The van der Waals surface area contributed by atoms with Crippen molar-refractivity contribution in [1.29, 1.82) is 0 Å². The third kappa shape index (κ3) is 2.72. The molecule has 0 saturated heterocycles. The molecule has 1 rings (SSSR count). The van der Waals surface area contributed by atoms with Crippen LogP contribution in [0.5, 0.6) is 0 Å². The molecule has 0 amide bonds. The van der Waals surface area contributed by atoms with Gasteiger partial charge in [0.25, 0.3) is 0 Å². The van der Waals surface area contributed by atoms with Crippen LogP contribution in [0.15, 0.2) is 17.6 Å². The second-order valence-electron chi connectivity index (χ2n) is 4.57. The first-order chi connectivity index (χ1) is 8.62. The lowest BCUT2D eigenvalue weighted by molar-refractivity contribution is 0.894. The Labute approximate surface area is 117 Å². The summed E-state index contributed by atoms with van der Waals surface area (Å²) in [5.74, 6) is 0. The number of allylic oxidation sites excluding steroid dienone is 1. The zero-order valence-corrected chi connectivity index (χ0v) is 12.9. The summed E-state index contributed by atoms with van der Waals surface area (Å²) in [5.41, 5.74) is 6.73. The molecule has 0 atom stereocenters. The van der Waals surface area contributed by atoms with E-state index in [1.807, 2.05) is 6.08 Å². The van der Waals surface area contributed by atoms with Crippen LogP contribution in [-0.2, 0) is 12.8 Å². The van der Waals surface area contributed by atoms with E-state index in [0.717, 1.165) is 24.2 Å². The van der Waals surface area contributed by atoms with Gasteiger partial charge in [-0.1, -0.05) is 45.1 Å². The summed E-state index contributed by atoms with van der Waals surface area (Å²) in [4.78, 5) is 1.08. The van der Waals surface area contributed by atoms with E-state index in [1.165, 1.54) is 27.8 Å². The van der Waals surface area contributed by atoms with Crippen LogP contribution in [0.2, 0.25) is 0 Å². The molecule has 0 aromatic heterocycles. The maximum absolute atomic E-state index is 4.74. The number of hydrogen-bond donors (Lipinski definition) is 1. The normalized spacial score (nSPS) is 11.2. The molecule has 1 heteroatoms. The first-order valence-corrected chi connectivity index (χ1v) is 7.19. The van der Waals surface area contributed by atoms with Crippen LogP contribution in [-0.4, -0.2) is 0 Å². The van der Waals surface area contributed by atoms with Gasteiger partial charge in [-0.25, -0.2) is 0 Å². The van der Waals surface area contributed by atoms with Gasteiger partial charge in [0.15, 0.2) is 0 Å². The highest BCUT2D eigenvalue weighted by molar-refractivity contribution is 7.80. The molecule has 0 N–H and O–H groups in total. The average molecular weight is 260 g/mol. The van der Waals surface area contributed by atoms with Crippen molar-refractivity contribution < 1.29 is 0 Å². The van der Waals surface area contributed by atoms with Gasteiger partial charge in [-0.15, -0.1) is 12.6 Å². The average Bonchev–Trinajstić information content (AvgIpc) is 2.36. The first kappa shape index (κ1) is 15.1. The van der Waals surface area contributed by atoms with Crippen LogP contribution >= 0.6 is 12.6 Å². The molecule has 0 aliphatic rings. The summed E-state index contributed by atoms with van der Waals surface area (Å²) < 4.78 is 0. The highest BCUT2D eigenvalue weighted by Gasteiger charge is 2.15. The van der Waals surface area contributed by atoms with Gasteiger partial charge in [0.1, 0.15) is 0 Å². The molecular weight excluding hydrogens is 236 g/mol. The molecule has 0 unspecified atom stereocenters. The second-order valence-corrected chi connectivity index (χ2v) is 5.01. The second kappa shape index (κ2) is 6.84. The minimum absolute atomic E-state index is 1.05. The molecule has 0 radical (unpaired) electrons. The van der Waals surface area contributed by atoms with Gasteiger partial charge in [0.2, 0.25) is 0 Å². The van der Waals surface area contributed by atoms with E-state index < -0.39 is 0 Å². The van der Waals surface area contributed by atoms with E-state index in [1.54, 1.807) is 0 Å². The van der Waals surface area contributed by atoms with Crippen molar-refractivity contribution in [3.05, 3.63) is 40.5 Å². The summed E-state index contributed by atoms with van der Waals surface area (Å²) in [6.07, 6.45) is 9.50. The Hall–Kier alpha value is -0.950. The van der Waals surface area contributed by atoms with Gasteiger partial charge >= 0.3 is 0 Å². The molecule has 0 spiro atoms. The number of thiol groups is 1. The lowest BCUT2D eigenvalue weighted by Gasteiger charge is -2.19. The predicted octanol–water partition coefficient (Wildman–Crippen LogP) is 5.47. The minimum Gasteiger partial charge on any atom is -0.142 e. The molecule has 0 heterocycles. The highest BCUT2D eigenvalue weighted by Crippen LogP contribution is 2.33. The SMILES string of the molecule is C=Cc1c(S)c(/C=C\C)c(CC)c(C)c1CCC. The zero-order valence-electron chi connectivity index (χ0n) is 12.0. The van der Waals surface area contributed by atoms with E-state index in [9.17, 15) is 0 Å². The van der Waals surface area contributed by atoms with Crippen molar-refractivity contribution in [2.75, 3.05) is 0 Å². The van der Waals surface area contributed by atoms with E-state index in [2.05, 4.69) is 46.4 Å². The first-order valence-electron chi connectivity index (χ1n) is 6.74. The minimum atomic E-state index is 1.05. The molecule has 0 fully saturated rings. The van der Waals surface area contributed by atoms with Crippen molar-refractivity contribution in [1.82, 2.24) is 0 Å². The monoisotopic (exact) mass is 260 g/mol. The smallest absolute Gasteiger partial charge is 0.0191 e. The molecular formula is C17H24S. The summed E-state index contributed by atoms with van der Waals surface area (Å²) in [6.45, 7) is 12.7. The Morgan fingerprint density at radius 2 is 1.83 bits per heavy atom. The fourth-order valence-electron chi connectivity index (χ4n) is 2.61. The molecule has 18 heavy (non-hydrogen) atoms. The third-order valence-electron chi connectivity index (χ3n) is 3.46. The van der Waals surface area contributed by atoms with E-state index >= 15 is 0 Å². The Kier molecular flexibility index (Phi) is 5.74. The lowest BCUT2D eigenvalue weighted by atomic mass is 9.88. The quantitative estimate of drug-likeness (QED) is 0.666.